The summed E-state index contributed by atoms with van der Waals surface area (Å²) in [5.74, 6) is 0. The number of rotatable bonds is 9. The Kier molecular flexibility index (Phi) is 8.13. The maximum atomic E-state index is 6.19. The fraction of sp³-hybridized carbons (Fsp3) is 0.692. The average molecular weight is 351 g/mol. The minimum atomic E-state index is 0.0549. The first-order valence-electron chi connectivity index (χ1n) is 6.33. The van der Waals surface area contributed by atoms with E-state index in [1.165, 1.54) is 4.88 Å². The summed E-state index contributed by atoms with van der Waals surface area (Å²) in [6.07, 6.45) is 0. The molecule has 0 aliphatic heterocycles. The second kappa shape index (κ2) is 9.05. The molecule has 2 atom stereocenters. The van der Waals surface area contributed by atoms with Crippen molar-refractivity contribution in [1.29, 1.82) is 0 Å². The minimum absolute atomic E-state index is 0.0549. The molecule has 2 unspecified atom stereocenters. The van der Waals surface area contributed by atoms with Crippen molar-refractivity contribution in [3.8, 4) is 0 Å². The van der Waals surface area contributed by atoms with Crippen LogP contribution in [-0.2, 0) is 9.47 Å². The normalized spacial score (nSPS) is 14.8. The third-order valence-electron chi connectivity index (χ3n) is 2.94. The highest BCUT2D eigenvalue weighted by atomic mass is 79.9. The molecule has 1 rings (SSSR count). The Balaban J connectivity index is 2.84. The van der Waals surface area contributed by atoms with Crippen molar-refractivity contribution in [2.24, 2.45) is 5.73 Å². The average Bonchev–Trinajstić information content (AvgIpc) is 2.78. The number of hydrogen-bond donors (Lipinski definition) is 1. The quantitative estimate of drug-likeness (QED) is 0.743. The largest absolute Gasteiger partial charge is 0.383 e. The first-order chi connectivity index (χ1) is 9.10. The monoisotopic (exact) mass is 350 g/mol. The van der Waals surface area contributed by atoms with Crippen LogP contribution in [0.4, 0.5) is 0 Å². The predicted octanol–water partition coefficient (Wildman–Crippen LogP) is 2.49. The Bertz CT molecular complexity index is 352. The van der Waals surface area contributed by atoms with Crippen molar-refractivity contribution in [2.75, 3.05) is 40.5 Å². The number of methoxy groups -OCH3 is 2. The van der Waals surface area contributed by atoms with Crippen molar-refractivity contribution in [1.82, 2.24) is 4.90 Å². The van der Waals surface area contributed by atoms with Gasteiger partial charge in [0, 0.05) is 38.2 Å². The molecule has 6 heteroatoms. The highest BCUT2D eigenvalue weighted by molar-refractivity contribution is 9.11. The number of nitrogens with two attached hydrogens (primary N) is 1. The van der Waals surface area contributed by atoms with Gasteiger partial charge in [-0.05, 0) is 35.0 Å². The topological polar surface area (TPSA) is 47.7 Å². The Labute approximate surface area is 128 Å². The van der Waals surface area contributed by atoms with E-state index in [4.69, 9.17) is 15.2 Å². The molecule has 0 amide bonds. The molecular formula is C13H23BrN2O2S. The zero-order valence-corrected chi connectivity index (χ0v) is 14.2. The number of hydrogen-bond acceptors (Lipinski definition) is 5. The summed E-state index contributed by atoms with van der Waals surface area (Å²) in [6.45, 7) is 5.13. The van der Waals surface area contributed by atoms with E-state index in [1.54, 1.807) is 25.6 Å². The molecule has 1 aromatic rings. The van der Waals surface area contributed by atoms with Crippen molar-refractivity contribution in [2.45, 2.75) is 19.0 Å². The van der Waals surface area contributed by atoms with Gasteiger partial charge < -0.3 is 15.2 Å². The molecule has 0 spiro atoms. The molecule has 110 valence electrons. The van der Waals surface area contributed by atoms with Crippen LogP contribution in [0.2, 0.25) is 0 Å². The molecule has 19 heavy (non-hydrogen) atoms. The molecule has 1 heterocycles. The second-order valence-corrected chi connectivity index (χ2v) is 6.96. The molecule has 1 aromatic heterocycles. The van der Waals surface area contributed by atoms with Crippen molar-refractivity contribution in [3.63, 3.8) is 0 Å². The Hall–Kier alpha value is 0.0200. The van der Waals surface area contributed by atoms with Crippen LogP contribution in [0.1, 0.15) is 17.8 Å². The molecule has 4 nitrogen and oxygen atoms in total. The van der Waals surface area contributed by atoms with Gasteiger partial charge in [-0.25, -0.2) is 0 Å². The molecule has 0 radical (unpaired) electrons. The fourth-order valence-electron chi connectivity index (χ4n) is 2.07. The van der Waals surface area contributed by atoms with Gasteiger partial charge in [0.1, 0.15) is 0 Å². The number of ether oxygens (including phenoxy) is 2. The van der Waals surface area contributed by atoms with Gasteiger partial charge in [-0.1, -0.05) is 0 Å². The zero-order valence-electron chi connectivity index (χ0n) is 11.8. The van der Waals surface area contributed by atoms with Crippen LogP contribution >= 0.6 is 27.3 Å². The van der Waals surface area contributed by atoms with Gasteiger partial charge in [-0.2, -0.15) is 0 Å². The van der Waals surface area contributed by atoms with E-state index < -0.39 is 0 Å². The Morgan fingerprint density at radius 3 is 2.21 bits per heavy atom. The summed E-state index contributed by atoms with van der Waals surface area (Å²) in [5.41, 5.74) is 6.19. The van der Waals surface area contributed by atoms with Gasteiger partial charge in [0.25, 0.3) is 0 Å². The van der Waals surface area contributed by atoms with Crippen LogP contribution in [0.3, 0.4) is 0 Å². The zero-order chi connectivity index (χ0) is 14.3. The summed E-state index contributed by atoms with van der Waals surface area (Å²) < 4.78 is 11.5. The van der Waals surface area contributed by atoms with Gasteiger partial charge in [0.05, 0.1) is 23.0 Å². The summed E-state index contributed by atoms with van der Waals surface area (Å²) in [6, 6.07) is 4.45. The molecule has 2 N–H and O–H groups in total. The van der Waals surface area contributed by atoms with E-state index >= 15 is 0 Å². The molecule has 0 fully saturated rings. The Morgan fingerprint density at radius 1 is 1.26 bits per heavy atom. The summed E-state index contributed by atoms with van der Waals surface area (Å²) in [4.78, 5) is 3.60. The third-order valence-corrected chi connectivity index (χ3v) is 4.64. The number of halogens is 1. The van der Waals surface area contributed by atoms with Crippen LogP contribution in [0.25, 0.3) is 0 Å². The van der Waals surface area contributed by atoms with E-state index in [0.29, 0.717) is 13.2 Å². The SMILES string of the molecule is COCCN(CCOC)C(c1ccc(Br)s1)C(C)N. The van der Waals surface area contributed by atoms with Crippen molar-refractivity contribution >= 4 is 27.3 Å². The molecule has 0 saturated carbocycles. The van der Waals surface area contributed by atoms with E-state index in [1.807, 2.05) is 6.92 Å². The van der Waals surface area contributed by atoms with E-state index in [2.05, 4.69) is 33.0 Å². The van der Waals surface area contributed by atoms with Crippen LogP contribution in [0.5, 0.6) is 0 Å². The first kappa shape index (κ1) is 17.1. The number of nitrogens with zero attached hydrogens (tertiary/aromatic N) is 1. The minimum Gasteiger partial charge on any atom is -0.383 e. The van der Waals surface area contributed by atoms with E-state index in [-0.39, 0.29) is 12.1 Å². The Morgan fingerprint density at radius 2 is 1.84 bits per heavy atom. The van der Waals surface area contributed by atoms with Crippen molar-refractivity contribution in [3.05, 3.63) is 20.8 Å². The van der Waals surface area contributed by atoms with E-state index in [9.17, 15) is 0 Å². The second-order valence-electron chi connectivity index (χ2n) is 4.47. The lowest BCUT2D eigenvalue weighted by atomic mass is 10.1. The first-order valence-corrected chi connectivity index (χ1v) is 7.93. The van der Waals surface area contributed by atoms with Gasteiger partial charge in [-0.15, -0.1) is 11.3 Å². The van der Waals surface area contributed by atoms with E-state index in [0.717, 1.165) is 16.9 Å². The van der Waals surface area contributed by atoms with Gasteiger partial charge >= 0.3 is 0 Å². The molecule has 0 aliphatic carbocycles. The van der Waals surface area contributed by atoms with Crippen molar-refractivity contribution < 1.29 is 9.47 Å². The molecule has 0 saturated heterocycles. The highest BCUT2D eigenvalue weighted by Crippen LogP contribution is 2.32. The lowest BCUT2D eigenvalue weighted by Gasteiger charge is -2.33. The van der Waals surface area contributed by atoms with Crippen LogP contribution in [0.15, 0.2) is 15.9 Å². The standard InChI is InChI=1S/C13H23BrN2O2S/c1-10(15)13(11-4-5-12(14)19-11)16(6-8-17-2)7-9-18-3/h4-5,10,13H,6-9,15H2,1-3H3. The van der Waals surface area contributed by atoms with Crippen LogP contribution in [0, 0.1) is 0 Å². The fourth-order valence-corrected chi connectivity index (χ4v) is 3.74. The van der Waals surface area contributed by atoms with Gasteiger partial charge in [0.2, 0.25) is 0 Å². The van der Waals surface area contributed by atoms with Crippen LogP contribution in [-0.4, -0.2) is 51.5 Å². The molecule has 0 aromatic carbocycles. The highest BCUT2D eigenvalue weighted by Gasteiger charge is 2.25. The van der Waals surface area contributed by atoms with Gasteiger partial charge in [-0.3, -0.25) is 4.90 Å². The summed E-state index contributed by atoms with van der Waals surface area (Å²) in [5, 5.41) is 0. The lowest BCUT2D eigenvalue weighted by Crippen LogP contribution is -2.42. The van der Waals surface area contributed by atoms with Gasteiger partial charge in [0.15, 0.2) is 0 Å². The maximum absolute atomic E-state index is 6.19. The molecule has 0 bridgehead atoms. The lowest BCUT2D eigenvalue weighted by molar-refractivity contribution is 0.0812. The molecular weight excluding hydrogens is 328 g/mol. The third kappa shape index (κ3) is 5.49. The number of thiophene rings is 1. The predicted molar refractivity (Wildman–Crippen MR) is 83.7 cm³/mol. The molecule has 0 aliphatic rings. The smallest absolute Gasteiger partial charge is 0.0702 e. The maximum Gasteiger partial charge on any atom is 0.0702 e. The summed E-state index contributed by atoms with van der Waals surface area (Å²) >= 11 is 5.25. The van der Waals surface area contributed by atoms with Crippen LogP contribution < -0.4 is 5.73 Å². The summed E-state index contributed by atoms with van der Waals surface area (Å²) in [7, 11) is 3.44.